The molecule has 0 bridgehead atoms. The minimum absolute atomic E-state index is 0.583. The fraction of sp³-hybridized carbons (Fsp3) is 1.00. The second-order valence-electron chi connectivity index (χ2n) is 0.599. The molecule has 4 nitrogen and oxygen atoms in total. The molecule has 0 amide bonds. The first-order valence-electron chi connectivity index (χ1n) is 1.67. The third-order valence-corrected chi connectivity index (χ3v) is 0. The quantitative estimate of drug-likeness (QED) is 0.325. The van der Waals surface area contributed by atoms with Crippen molar-refractivity contribution in [2.45, 2.75) is 6.55 Å². The van der Waals surface area contributed by atoms with Crippen molar-refractivity contribution in [3.05, 3.63) is 0 Å². The summed E-state index contributed by atoms with van der Waals surface area (Å²) >= 11 is 0. The van der Waals surface area contributed by atoms with Gasteiger partial charge in [-0.1, -0.05) is 6.55 Å². The molecule has 7 heavy (non-hydrogen) atoms. The van der Waals surface area contributed by atoms with E-state index in [1.54, 1.807) is 0 Å². The van der Waals surface area contributed by atoms with E-state index >= 15 is 0 Å². The van der Waals surface area contributed by atoms with E-state index in [0.29, 0.717) is 0 Å². The van der Waals surface area contributed by atoms with Gasteiger partial charge in [0, 0.05) is 0 Å². The Morgan fingerprint density at radius 3 is 1.57 bits per heavy atom. The molecule has 0 heterocycles. The van der Waals surface area contributed by atoms with Crippen LogP contribution in [0.5, 0.6) is 0 Å². The zero-order valence-corrected chi connectivity index (χ0v) is 6.37. The molecule has 0 aliphatic heterocycles. The molecule has 0 aliphatic carbocycles. The Morgan fingerprint density at radius 1 is 1.57 bits per heavy atom. The molecule has 0 aliphatic rings. The standard InChI is InChI=1S/CH6OSi.H2O3Si/c1-3-2;1-4(2)3/h2H,3H2,1H3;1-2H. The predicted octanol–water partition coefficient (Wildman–Crippen LogP) is -2.50. The van der Waals surface area contributed by atoms with E-state index < -0.39 is 18.9 Å². The van der Waals surface area contributed by atoms with Crippen molar-refractivity contribution in [1.29, 1.82) is 0 Å². The highest BCUT2D eigenvalue weighted by atomic mass is 28.3. The highest BCUT2D eigenvalue weighted by Crippen LogP contribution is 1.27. The Balaban J connectivity index is 0. The zero-order valence-electron chi connectivity index (χ0n) is 3.96. The molecule has 0 saturated heterocycles. The van der Waals surface area contributed by atoms with Gasteiger partial charge in [-0.15, -0.1) is 0 Å². The lowest BCUT2D eigenvalue weighted by atomic mass is 11.9. The Bertz CT molecular complexity index is 41.0. The van der Waals surface area contributed by atoms with Crippen LogP contribution in [0.1, 0.15) is 0 Å². The van der Waals surface area contributed by atoms with Gasteiger partial charge in [0.15, 0.2) is 9.76 Å². The molecule has 0 fully saturated rings. The summed E-state index contributed by atoms with van der Waals surface area (Å²) in [7, 11) is -3.71. The van der Waals surface area contributed by atoms with Gasteiger partial charge in [0.1, 0.15) is 0 Å². The molecule has 44 valence electrons. The van der Waals surface area contributed by atoms with Crippen LogP contribution >= 0.6 is 0 Å². The van der Waals surface area contributed by atoms with Crippen molar-refractivity contribution in [2.75, 3.05) is 0 Å². The summed E-state index contributed by atoms with van der Waals surface area (Å²) in [5, 5.41) is 0. The molecule has 0 saturated carbocycles. The average molecular weight is 140 g/mol. The van der Waals surface area contributed by atoms with Crippen LogP contribution in [-0.2, 0) is 4.46 Å². The molecule has 0 atom stereocenters. The fourth-order valence-electron chi connectivity index (χ4n) is 0. The Labute approximate surface area is 45.3 Å². The maximum atomic E-state index is 8.74. The van der Waals surface area contributed by atoms with Gasteiger partial charge in [-0.05, 0) is 0 Å². The van der Waals surface area contributed by atoms with Crippen molar-refractivity contribution >= 4 is 18.9 Å². The molecule has 0 aromatic carbocycles. The van der Waals surface area contributed by atoms with Gasteiger partial charge >= 0.3 is 9.17 Å². The lowest BCUT2D eigenvalue weighted by molar-refractivity contribution is 0.330. The third kappa shape index (κ3) is 1960. The second kappa shape index (κ2) is 9.25. The first-order valence-corrected chi connectivity index (χ1v) is 5.02. The van der Waals surface area contributed by atoms with Crippen LogP contribution in [0.25, 0.3) is 0 Å². The molecule has 0 spiro atoms. The SMILES string of the molecule is C[SiH2]O.O=[Si](O)O. The summed E-state index contributed by atoms with van der Waals surface area (Å²) in [6.07, 6.45) is 0. The van der Waals surface area contributed by atoms with Crippen LogP contribution in [0.2, 0.25) is 6.55 Å². The minimum atomic E-state index is -3.13. The normalized spacial score (nSPS) is 7.71. The summed E-state index contributed by atoms with van der Waals surface area (Å²) < 4.78 is 8.74. The summed E-state index contributed by atoms with van der Waals surface area (Å²) in [5.41, 5.74) is 0. The van der Waals surface area contributed by atoms with Gasteiger partial charge in [0.25, 0.3) is 0 Å². The first kappa shape index (κ1) is 9.92. The van der Waals surface area contributed by atoms with Crippen molar-refractivity contribution in [1.82, 2.24) is 0 Å². The average Bonchev–Trinajstić information content (AvgIpc) is 1.33. The predicted molar refractivity (Wildman–Crippen MR) is 27.5 cm³/mol. The van der Waals surface area contributed by atoms with E-state index in [2.05, 4.69) is 0 Å². The molecule has 0 aromatic rings. The monoisotopic (exact) mass is 140 g/mol. The Kier molecular flexibility index (Phi) is 13.1. The van der Waals surface area contributed by atoms with E-state index in [1.165, 1.54) is 0 Å². The van der Waals surface area contributed by atoms with Gasteiger partial charge in [0.05, 0.1) is 0 Å². The molecule has 0 unspecified atom stereocenters. The molecule has 0 rings (SSSR count). The van der Waals surface area contributed by atoms with Crippen LogP contribution in [-0.4, -0.2) is 33.3 Å². The van der Waals surface area contributed by atoms with Gasteiger partial charge in [0.2, 0.25) is 0 Å². The summed E-state index contributed by atoms with van der Waals surface area (Å²) in [4.78, 5) is 22.0. The molecule has 0 radical (unpaired) electrons. The van der Waals surface area contributed by atoms with Crippen molar-refractivity contribution in [3.8, 4) is 0 Å². The fourth-order valence-corrected chi connectivity index (χ4v) is 0. The van der Waals surface area contributed by atoms with Crippen LogP contribution < -0.4 is 0 Å². The molecule has 3 N–H and O–H groups in total. The van der Waals surface area contributed by atoms with Gasteiger partial charge in [-0.3, -0.25) is 4.46 Å². The molecular weight excluding hydrogens is 132 g/mol. The minimum Gasteiger partial charge on any atom is -0.511 e. The Morgan fingerprint density at radius 2 is 1.57 bits per heavy atom. The third-order valence-electron chi connectivity index (χ3n) is 0. The molecule has 6 heteroatoms. The maximum Gasteiger partial charge on any atom is 0.761 e. The number of hydrogen-bond acceptors (Lipinski definition) is 2. The number of hydrogen-bond donors (Lipinski definition) is 3. The van der Waals surface area contributed by atoms with Gasteiger partial charge in [-0.2, -0.15) is 0 Å². The summed E-state index contributed by atoms with van der Waals surface area (Å²) in [6, 6.07) is 0. The number of rotatable bonds is 0. The maximum absolute atomic E-state index is 8.74. The van der Waals surface area contributed by atoms with Crippen LogP contribution in [0.4, 0.5) is 0 Å². The molecule has 0 aromatic heterocycles. The molecular formula is CH8O4Si2. The topological polar surface area (TPSA) is 77.8 Å². The highest BCUT2D eigenvalue weighted by Gasteiger charge is 1.85. The van der Waals surface area contributed by atoms with Crippen molar-refractivity contribution in [2.24, 2.45) is 0 Å². The van der Waals surface area contributed by atoms with Gasteiger partial charge < -0.3 is 14.4 Å². The van der Waals surface area contributed by atoms with Gasteiger partial charge in [-0.25, -0.2) is 0 Å². The van der Waals surface area contributed by atoms with E-state index in [4.69, 9.17) is 18.8 Å². The van der Waals surface area contributed by atoms with Crippen LogP contribution in [0.3, 0.4) is 0 Å². The lowest BCUT2D eigenvalue weighted by Gasteiger charge is -1.55. The van der Waals surface area contributed by atoms with E-state index in [9.17, 15) is 0 Å². The summed E-state index contributed by atoms with van der Waals surface area (Å²) in [6.45, 7) is 1.82. The summed E-state index contributed by atoms with van der Waals surface area (Å²) in [5.74, 6) is 0. The largest absolute Gasteiger partial charge is 0.761 e. The van der Waals surface area contributed by atoms with Crippen LogP contribution in [0.15, 0.2) is 0 Å². The Hall–Kier alpha value is -0.206. The van der Waals surface area contributed by atoms with Crippen molar-refractivity contribution < 1.29 is 18.8 Å². The van der Waals surface area contributed by atoms with E-state index in [1.807, 2.05) is 6.55 Å². The van der Waals surface area contributed by atoms with E-state index in [0.717, 1.165) is 0 Å². The smallest absolute Gasteiger partial charge is 0.511 e. The highest BCUT2D eigenvalue weighted by molar-refractivity contribution is 6.22. The zero-order chi connectivity index (χ0) is 6.28. The van der Waals surface area contributed by atoms with E-state index in [-0.39, 0.29) is 0 Å². The van der Waals surface area contributed by atoms with Crippen molar-refractivity contribution in [3.63, 3.8) is 0 Å². The lowest BCUT2D eigenvalue weighted by Crippen LogP contribution is -1.90. The second-order valence-corrected chi connectivity index (χ2v) is 1.80. The first-order chi connectivity index (χ1) is 3.15. The van der Waals surface area contributed by atoms with Crippen LogP contribution in [0, 0.1) is 0 Å².